The third-order valence-electron chi connectivity index (χ3n) is 3.57. The van der Waals surface area contributed by atoms with Crippen LogP contribution in [0.4, 0.5) is 10.1 Å². The van der Waals surface area contributed by atoms with Crippen molar-refractivity contribution in [1.82, 2.24) is 0 Å². The van der Waals surface area contributed by atoms with E-state index in [-0.39, 0.29) is 18.1 Å². The molecule has 0 atom stereocenters. The van der Waals surface area contributed by atoms with Crippen LogP contribution in [0.3, 0.4) is 0 Å². The maximum atomic E-state index is 13.8. The van der Waals surface area contributed by atoms with Gasteiger partial charge in [-0.3, -0.25) is 4.79 Å². The largest absolute Gasteiger partial charge is 0.485 e. The number of amides is 1. The van der Waals surface area contributed by atoms with Crippen molar-refractivity contribution in [2.45, 2.75) is 13.5 Å². The van der Waals surface area contributed by atoms with Crippen molar-refractivity contribution >= 4 is 39.1 Å². The SMILES string of the molecule is Cc1cc(Cl)ccc1OCc1ccc(C(=O)Nc2ccc(Br)cc2F)o1. The molecule has 0 aliphatic rings. The number of ether oxygens (including phenoxy) is 1. The Morgan fingerprint density at radius 2 is 2.04 bits per heavy atom. The predicted molar refractivity (Wildman–Crippen MR) is 101 cm³/mol. The van der Waals surface area contributed by atoms with E-state index < -0.39 is 11.7 Å². The van der Waals surface area contributed by atoms with Crippen LogP contribution in [0.5, 0.6) is 5.75 Å². The van der Waals surface area contributed by atoms with E-state index in [0.717, 1.165) is 5.56 Å². The molecule has 0 bridgehead atoms. The molecule has 0 fully saturated rings. The molecule has 26 heavy (non-hydrogen) atoms. The molecule has 7 heteroatoms. The minimum absolute atomic E-state index is 0.0683. The van der Waals surface area contributed by atoms with E-state index >= 15 is 0 Å². The van der Waals surface area contributed by atoms with Crippen LogP contribution in [0, 0.1) is 12.7 Å². The molecule has 0 saturated heterocycles. The first-order chi connectivity index (χ1) is 12.4. The first-order valence-electron chi connectivity index (χ1n) is 7.66. The number of furan rings is 1. The molecule has 0 saturated carbocycles. The van der Waals surface area contributed by atoms with Crippen molar-refractivity contribution in [3.05, 3.63) is 80.9 Å². The molecule has 4 nitrogen and oxygen atoms in total. The average molecular weight is 439 g/mol. The van der Waals surface area contributed by atoms with Gasteiger partial charge in [0.1, 0.15) is 23.9 Å². The first kappa shape index (κ1) is 18.5. The Morgan fingerprint density at radius 1 is 1.23 bits per heavy atom. The van der Waals surface area contributed by atoms with E-state index in [1.54, 1.807) is 30.3 Å². The van der Waals surface area contributed by atoms with Crippen LogP contribution < -0.4 is 10.1 Å². The maximum Gasteiger partial charge on any atom is 0.291 e. The lowest BCUT2D eigenvalue weighted by Gasteiger charge is -2.08. The number of benzene rings is 2. The fourth-order valence-corrected chi connectivity index (χ4v) is 2.84. The second-order valence-electron chi connectivity index (χ2n) is 5.54. The lowest BCUT2D eigenvalue weighted by molar-refractivity contribution is 0.0992. The Balaban J connectivity index is 1.64. The predicted octanol–water partition coefficient (Wildman–Crippen LogP) is 5.97. The molecular weight excluding hydrogens is 425 g/mol. The molecule has 0 radical (unpaired) electrons. The molecule has 3 rings (SSSR count). The number of aryl methyl sites for hydroxylation is 1. The average Bonchev–Trinajstić information content (AvgIpc) is 3.06. The molecule has 1 heterocycles. The van der Waals surface area contributed by atoms with Gasteiger partial charge in [-0.05, 0) is 61.0 Å². The molecule has 0 spiro atoms. The smallest absolute Gasteiger partial charge is 0.291 e. The number of carbonyl (C=O) groups excluding carboxylic acids is 1. The Labute approximate surface area is 163 Å². The normalized spacial score (nSPS) is 10.6. The van der Waals surface area contributed by atoms with E-state index in [1.165, 1.54) is 18.2 Å². The summed E-state index contributed by atoms with van der Waals surface area (Å²) < 4.78 is 25.5. The van der Waals surface area contributed by atoms with Crippen molar-refractivity contribution in [1.29, 1.82) is 0 Å². The number of hydrogen-bond donors (Lipinski definition) is 1. The van der Waals surface area contributed by atoms with E-state index in [4.69, 9.17) is 20.8 Å². The number of carbonyl (C=O) groups is 1. The molecule has 1 N–H and O–H groups in total. The van der Waals surface area contributed by atoms with Crippen molar-refractivity contribution in [3.63, 3.8) is 0 Å². The van der Waals surface area contributed by atoms with Gasteiger partial charge in [0.05, 0.1) is 5.69 Å². The van der Waals surface area contributed by atoms with Crippen LogP contribution in [0.1, 0.15) is 21.9 Å². The van der Waals surface area contributed by atoms with Crippen molar-refractivity contribution < 1.29 is 18.3 Å². The van der Waals surface area contributed by atoms with Crippen LogP contribution >= 0.6 is 27.5 Å². The molecule has 3 aromatic rings. The zero-order valence-corrected chi connectivity index (χ0v) is 16.0. The molecule has 1 aromatic heterocycles. The monoisotopic (exact) mass is 437 g/mol. The Kier molecular flexibility index (Phi) is 5.64. The number of anilines is 1. The number of halogens is 3. The number of rotatable bonds is 5. The quantitative estimate of drug-likeness (QED) is 0.533. The van der Waals surface area contributed by atoms with Gasteiger partial charge >= 0.3 is 0 Å². The van der Waals surface area contributed by atoms with Crippen molar-refractivity contribution in [2.75, 3.05) is 5.32 Å². The lowest BCUT2D eigenvalue weighted by atomic mass is 10.2. The van der Waals surface area contributed by atoms with Gasteiger partial charge in [0.25, 0.3) is 5.91 Å². The summed E-state index contributed by atoms with van der Waals surface area (Å²) in [7, 11) is 0. The summed E-state index contributed by atoms with van der Waals surface area (Å²) in [6.07, 6.45) is 0. The Bertz CT molecular complexity index is 958. The minimum atomic E-state index is -0.542. The lowest BCUT2D eigenvalue weighted by Crippen LogP contribution is -2.12. The molecule has 1 amide bonds. The van der Waals surface area contributed by atoms with E-state index in [0.29, 0.717) is 21.0 Å². The van der Waals surface area contributed by atoms with Gasteiger partial charge in [-0.25, -0.2) is 4.39 Å². The minimum Gasteiger partial charge on any atom is -0.485 e. The topological polar surface area (TPSA) is 51.5 Å². The third-order valence-corrected chi connectivity index (χ3v) is 4.30. The summed E-state index contributed by atoms with van der Waals surface area (Å²) in [5, 5.41) is 3.10. The molecule has 134 valence electrons. The van der Waals surface area contributed by atoms with E-state index in [9.17, 15) is 9.18 Å². The maximum absolute atomic E-state index is 13.8. The highest BCUT2D eigenvalue weighted by molar-refractivity contribution is 9.10. The second kappa shape index (κ2) is 7.93. The highest BCUT2D eigenvalue weighted by atomic mass is 79.9. The molecule has 0 unspecified atom stereocenters. The van der Waals surface area contributed by atoms with Crippen LogP contribution in [0.2, 0.25) is 5.02 Å². The number of hydrogen-bond acceptors (Lipinski definition) is 3. The summed E-state index contributed by atoms with van der Waals surface area (Å²) in [6.45, 7) is 2.04. The third kappa shape index (κ3) is 4.45. The summed E-state index contributed by atoms with van der Waals surface area (Å²) in [5.41, 5.74) is 0.969. The first-order valence-corrected chi connectivity index (χ1v) is 8.83. The Hall–Kier alpha value is -2.31. The summed E-state index contributed by atoms with van der Waals surface area (Å²) in [5.74, 6) is 0.134. The molecule has 0 aliphatic heterocycles. The zero-order chi connectivity index (χ0) is 18.7. The van der Waals surface area contributed by atoms with Gasteiger partial charge in [0.2, 0.25) is 0 Å². The fourth-order valence-electron chi connectivity index (χ4n) is 2.28. The van der Waals surface area contributed by atoms with Crippen LogP contribution in [0.25, 0.3) is 0 Å². The zero-order valence-electron chi connectivity index (χ0n) is 13.7. The molecular formula is C19H14BrClFNO3. The van der Waals surface area contributed by atoms with Gasteiger partial charge in [-0.1, -0.05) is 27.5 Å². The van der Waals surface area contributed by atoms with Crippen LogP contribution in [-0.4, -0.2) is 5.91 Å². The van der Waals surface area contributed by atoms with Gasteiger partial charge in [0, 0.05) is 9.50 Å². The van der Waals surface area contributed by atoms with Crippen molar-refractivity contribution in [3.8, 4) is 5.75 Å². The standard InChI is InChI=1S/C19H14BrClFNO3/c1-11-8-13(21)3-6-17(11)25-10-14-4-7-18(26-14)19(24)23-16-5-2-12(20)9-15(16)22/h2-9H,10H2,1H3,(H,23,24). The van der Waals surface area contributed by atoms with Crippen LogP contribution in [0.15, 0.2) is 57.4 Å². The van der Waals surface area contributed by atoms with E-state index in [1.807, 2.05) is 6.92 Å². The fraction of sp³-hybridized carbons (Fsp3) is 0.105. The van der Waals surface area contributed by atoms with E-state index in [2.05, 4.69) is 21.2 Å². The van der Waals surface area contributed by atoms with Gasteiger partial charge in [-0.2, -0.15) is 0 Å². The van der Waals surface area contributed by atoms with Crippen LogP contribution in [-0.2, 0) is 6.61 Å². The highest BCUT2D eigenvalue weighted by Gasteiger charge is 2.14. The molecule has 2 aromatic carbocycles. The summed E-state index contributed by atoms with van der Waals surface area (Å²) >= 11 is 9.07. The van der Waals surface area contributed by atoms with Crippen molar-refractivity contribution in [2.24, 2.45) is 0 Å². The van der Waals surface area contributed by atoms with Gasteiger partial charge in [0.15, 0.2) is 5.76 Å². The number of nitrogens with one attached hydrogen (secondary N) is 1. The highest BCUT2D eigenvalue weighted by Crippen LogP contribution is 2.24. The van der Waals surface area contributed by atoms with Gasteiger partial charge in [-0.15, -0.1) is 0 Å². The summed E-state index contributed by atoms with van der Waals surface area (Å²) in [6, 6.07) is 12.8. The Morgan fingerprint density at radius 3 is 2.77 bits per heavy atom. The second-order valence-corrected chi connectivity index (χ2v) is 6.89. The molecule has 0 aliphatic carbocycles. The summed E-state index contributed by atoms with van der Waals surface area (Å²) in [4.78, 5) is 12.2. The van der Waals surface area contributed by atoms with Gasteiger partial charge < -0.3 is 14.5 Å².